The van der Waals surface area contributed by atoms with E-state index < -0.39 is 5.97 Å². The van der Waals surface area contributed by atoms with Crippen LogP contribution >= 0.6 is 23.2 Å². The molecule has 102 valence electrons. The predicted octanol–water partition coefficient (Wildman–Crippen LogP) is 4.15. The number of halogens is 2. The van der Waals surface area contributed by atoms with E-state index in [1.165, 1.54) is 19.1 Å². The average Bonchev–Trinajstić information content (AvgIpc) is 2.44. The number of carbonyl (C=O) groups excluding carboxylic acids is 2. The van der Waals surface area contributed by atoms with Crippen molar-refractivity contribution in [2.75, 3.05) is 0 Å². The molecule has 2 aromatic rings. The van der Waals surface area contributed by atoms with E-state index in [9.17, 15) is 9.59 Å². The summed E-state index contributed by atoms with van der Waals surface area (Å²) in [5.41, 5.74) is 0.768. The molecule has 0 saturated carbocycles. The monoisotopic (exact) mass is 308 g/mol. The third-order valence-corrected chi connectivity index (χ3v) is 3.45. The second-order valence-corrected chi connectivity index (χ2v) is 4.78. The van der Waals surface area contributed by atoms with Gasteiger partial charge < -0.3 is 4.74 Å². The maximum absolute atomic E-state index is 12.3. The summed E-state index contributed by atoms with van der Waals surface area (Å²) in [6.07, 6.45) is 0. The number of ether oxygens (including phenoxy) is 1. The zero-order chi connectivity index (χ0) is 14.7. The summed E-state index contributed by atoms with van der Waals surface area (Å²) in [5, 5.41) is 0.114. The van der Waals surface area contributed by atoms with Gasteiger partial charge in [-0.2, -0.15) is 0 Å². The first-order valence-corrected chi connectivity index (χ1v) is 6.52. The molecule has 0 amide bonds. The van der Waals surface area contributed by atoms with Crippen LogP contribution in [0.5, 0.6) is 5.75 Å². The maximum atomic E-state index is 12.3. The minimum atomic E-state index is -0.509. The van der Waals surface area contributed by atoms with Crippen molar-refractivity contribution in [3.63, 3.8) is 0 Å². The highest BCUT2D eigenvalue weighted by Gasteiger charge is 2.18. The van der Waals surface area contributed by atoms with Gasteiger partial charge in [-0.1, -0.05) is 53.5 Å². The minimum absolute atomic E-state index is 0.0450. The molecule has 0 spiro atoms. The van der Waals surface area contributed by atoms with Crippen molar-refractivity contribution in [2.24, 2.45) is 0 Å². The van der Waals surface area contributed by atoms with E-state index in [2.05, 4.69) is 0 Å². The van der Waals surface area contributed by atoms with Crippen molar-refractivity contribution in [3.8, 4) is 5.75 Å². The number of hydrogen-bond acceptors (Lipinski definition) is 3. The Balaban J connectivity index is 2.42. The number of hydrogen-bond donors (Lipinski definition) is 0. The largest absolute Gasteiger partial charge is 0.425 e. The number of ketones is 1. The summed E-state index contributed by atoms with van der Waals surface area (Å²) in [5.74, 6) is -0.620. The first-order valence-electron chi connectivity index (χ1n) is 5.77. The fourth-order valence-corrected chi connectivity index (χ4v) is 2.13. The lowest BCUT2D eigenvalue weighted by Crippen LogP contribution is -2.05. The first kappa shape index (κ1) is 14.6. The quantitative estimate of drug-likeness (QED) is 0.486. The van der Waals surface area contributed by atoms with E-state index in [1.54, 1.807) is 24.3 Å². The summed E-state index contributed by atoms with van der Waals surface area (Å²) in [7, 11) is 0. The number of rotatable bonds is 3. The molecule has 3 nitrogen and oxygen atoms in total. The Hall–Kier alpha value is -1.84. The minimum Gasteiger partial charge on any atom is -0.425 e. The molecule has 20 heavy (non-hydrogen) atoms. The number of carbonyl (C=O) groups is 2. The van der Waals surface area contributed by atoms with Gasteiger partial charge in [0.25, 0.3) is 0 Å². The molecule has 5 heteroatoms. The van der Waals surface area contributed by atoms with Crippen LogP contribution in [0.4, 0.5) is 0 Å². The van der Waals surface area contributed by atoms with E-state index in [0.29, 0.717) is 5.56 Å². The van der Waals surface area contributed by atoms with Crippen LogP contribution in [0, 0.1) is 0 Å². The maximum Gasteiger partial charge on any atom is 0.308 e. The Morgan fingerprint density at radius 3 is 2.20 bits per heavy atom. The lowest BCUT2D eigenvalue weighted by Gasteiger charge is -2.09. The Labute approximate surface area is 126 Å². The van der Waals surface area contributed by atoms with Gasteiger partial charge >= 0.3 is 5.97 Å². The van der Waals surface area contributed by atoms with Crippen molar-refractivity contribution < 1.29 is 14.3 Å². The van der Waals surface area contributed by atoms with Gasteiger partial charge in [-0.3, -0.25) is 9.59 Å². The third kappa shape index (κ3) is 3.00. The molecule has 0 unspecified atom stereocenters. The lowest BCUT2D eigenvalue weighted by atomic mass is 10.0. The van der Waals surface area contributed by atoms with Gasteiger partial charge in [0.05, 0.1) is 5.02 Å². The highest BCUT2D eigenvalue weighted by Crippen LogP contribution is 2.35. The lowest BCUT2D eigenvalue weighted by molar-refractivity contribution is -0.131. The van der Waals surface area contributed by atoms with Gasteiger partial charge in [0.1, 0.15) is 5.02 Å². The molecule has 0 radical (unpaired) electrons. The van der Waals surface area contributed by atoms with Gasteiger partial charge in [0.2, 0.25) is 0 Å². The molecule has 0 bridgehead atoms. The fourth-order valence-electron chi connectivity index (χ4n) is 1.69. The van der Waals surface area contributed by atoms with E-state index in [4.69, 9.17) is 27.9 Å². The molecule has 2 aromatic carbocycles. The van der Waals surface area contributed by atoms with E-state index in [1.807, 2.05) is 6.07 Å². The molecular formula is C15H10Cl2O3. The summed E-state index contributed by atoms with van der Waals surface area (Å²) in [6, 6.07) is 11.6. The molecule has 0 aliphatic heterocycles. The third-order valence-electron chi connectivity index (χ3n) is 2.58. The van der Waals surface area contributed by atoms with Gasteiger partial charge in [-0.15, -0.1) is 0 Å². The van der Waals surface area contributed by atoms with Crippen LogP contribution in [0.1, 0.15) is 22.8 Å². The number of benzene rings is 2. The summed E-state index contributed by atoms with van der Waals surface area (Å²) < 4.78 is 4.90. The molecule has 0 atom stereocenters. The molecular weight excluding hydrogens is 299 g/mol. The molecule has 0 saturated heterocycles. The molecule has 2 rings (SSSR count). The summed E-state index contributed by atoms with van der Waals surface area (Å²) in [4.78, 5) is 23.2. The van der Waals surface area contributed by atoms with Crippen LogP contribution in [0.15, 0.2) is 42.5 Å². The Morgan fingerprint density at radius 2 is 1.60 bits per heavy atom. The van der Waals surface area contributed by atoms with Crippen molar-refractivity contribution in [3.05, 3.63) is 63.6 Å². The van der Waals surface area contributed by atoms with Crippen LogP contribution in [-0.2, 0) is 4.79 Å². The molecule has 0 heterocycles. The van der Waals surface area contributed by atoms with Crippen molar-refractivity contribution in [1.82, 2.24) is 0 Å². The average molecular weight is 309 g/mol. The van der Waals surface area contributed by atoms with Gasteiger partial charge in [-0.25, -0.2) is 0 Å². The molecule has 0 aliphatic rings. The summed E-state index contributed by atoms with van der Waals surface area (Å²) in [6.45, 7) is 1.26. The van der Waals surface area contributed by atoms with Crippen LogP contribution < -0.4 is 4.74 Å². The smallest absolute Gasteiger partial charge is 0.308 e. The van der Waals surface area contributed by atoms with Gasteiger partial charge in [-0.05, 0) is 12.1 Å². The normalized spacial score (nSPS) is 10.2. The fraction of sp³-hybridized carbons (Fsp3) is 0.0667. The van der Waals surface area contributed by atoms with Crippen molar-refractivity contribution >= 4 is 35.0 Å². The van der Waals surface area contributed by atoms with Crippen LogP contribution in [0.3, 0.4) is 0 Å². The van der Waals surface area contributed by atoms with E-state index >= 15 is 0 Å². The molecule has 0 aromatic heterocycles. The van der Waals surface area contributed by atoms with Crippen LogP contribution in [-0.4, -0.2) is 11.8 Å². The van der Waals surface area contributed by atoms with Crippen LogP contribution in [0.25, 0.3) is 0 Å². The zero-order valence-corrected chi connectivity index (χ0v) is 12.0. The second-order valence-electron chi connectivity index (χ2n) is 4.03. The van der Waals surface area contributed by atoms with E-state index in [-0.39, 0.29) is 27.1 Å². The Bertz CT molecular complexity index is 666. The molecule has 0 fully saturated rings. The molecule has 0 N–H and O–H groups in total. The Kier molecular flexibility index (Phi) is 4.42. The SMILES string of the molecule is CC(=O)Oc1ccc(C(=O)c2ccccc2)c(Cl)c1Cl. The van der Waals surface area contributed by atoms with Crippen molar-refractivity contribution in [2.45, 2.75) is 6.92 Å². The molecule has 0 aliphatic carbocycles. The van der Waals surface area contributed by atoms with Crippen molar-refractivity contribution in [1.29, 1.82) is 0 Å². The van der Waals surface area contributed by atoms with Gasteiger partial charge in [0, 0.05) is 18.1 Å². The highest BCUT2D eigenvalue weighted by molar-refractivity contribution is 6.45. The highest BCUT2D eigenvalue weighted by atomic mass is 35.5. The van der Waals surface area contributed by atoms with Crippen LogP contribution in [0.2, 0.25) is 10.0 Å². The standard InChI is InChI=1S/C15H10Cl2O3/c1-9(18)20-12-8-7-11(13(16)14(12)17)15(19)10-5-3-2-4-6-10/h2-8H,1H3. The summed E-state index contributed by atoms with van der Waals surface area (Å²) >= 11 is 12.1. The Morgan fingerprint density at radius 1 is 0.950 bits per heavy atom. The topological polar surface area (TPSA) is 43.4 Å². The van der Waals surface area contributed by atoms with E-state index in [0.717, 1.165) is 0 Å². The van der Waals surface area contributed by atoms with Gasteiger partial charge in [0.15, 0.2) is 11.5 Å². The zero-order valence-electron chi connectivity index (χ0n) is 10.5. The predicted molar refractivity (Wildman–Crippen MR) is 77.6 cm³/mol. The number of esters is 1. The second kappa shape index (κ2) is 6.07. The first-order chi connectivity index (χ1) is 9.50.